The van der Waals surface area contributed by atoms with Crippen molar-refractivity contribution in [3.8, 4) is 0 Å². The summed E-state index contributed by atoms with van der Waals surface area (Å²) >= 11 is 0. The third-order valence-corrected chi connectivity index (χ3v) is 4.78. The van der Waals surface area contributed by atoms with E-state index in [0.717, 1.165) is 17.7 Å². The minimum atomic E-state index is -4.65. The zero-order chi connectivity index (χ0) is 20.5. The number of rotatable bonds is 3. The number of hydrogen-bond donors (Lipinski definition) is 0. The van der Waals surface area contributed by atoms with Crippen LogP contribution in [0, 0.1) is 17.0 Å². The Bertz CT molecular complexity index is 907. The second-order valence-electron chi connectivity index (χ2n) is 6.55. The Kier molecular flexibility index (Phi) is 5.26. The summed E-state index contributed by atoms with van der Waals surface area (Å²) in [5, 5.41) is 11.3. The van der Waals surface area contributed by atoms with Crippen molar-refractivity contribution in [1.29, 1.82) is 0 Å². The van der Waals surface area contributed by atoms with E-state index in [1.54, 1.807) is 21.9 Å². The number of benzene rings is 2. The highest BCUT2D eigenvalue weighted by Gasteiger charge is 2.34. The lowest BCUT2D eigenvalue weighted by Crippen LogP contribution is -2.49. The maximum Gasteiger partial charge on any atom is 0.416 e. The number of nitrogens with zero attached hydrogens (tertiary/aromatic N) is 3. The van der Waals surface area contributed by atoms with Crippen LogP contribution in [0.1, 0.15) is 21.5 Å². The third kappa shape index (κ3) is 3.92. The molecule has 0 unspecified atom stereocenters. The number of hydrogen-bond acceptors (Lipinski definition) is 4. The summed E-state index contributed by atoms with van der Waals surface area (Å²) in [6.07, 6.45) is -4.65. The number of halogens is 3. The molecule has 0 aromatic heterocycles. The van der Waals surface area contributed by atoms with Gasteiger partial charge in [0.25, 0.3) is 11.6 Å². The Balaban J connectivity index is 1.77. The lowest BCUT2D eigenvalue weighted by atomic mass is 10.1. The van der Waals surface area contributed by atoms with E-state index in [4.69, 9.17) is 0 Å². The van der Waals surface area contributed by atoms with Gasteiger partial charge in [-0.05, 0) is 30.7 Å². The van der Waals surface area contributed by atoms with Crippen LogP contribution in [-0.4, -0.2) is 41.9 Å². The molecule has 1 amide bonds. The van der Waals surface area contributed by atoms with Gasteiger partial charge in [0, 0.05) is 37.8 Å². The van der Waals surface area contributed by atoms with E-state index >= 15 is 0 Å². The van der Waals surface area contributed by atoms with Crippen molar-refractivity contribution in [3.05, 3.63) is 69.3 Å². The van der Waals surface area contributed by atoms with Crippen LogP contribution in [0.15, 0.2) is 42.5 Å². The van der Waals surface area contributed by atoms with Gasteiger partial charge in [0.2, 0.25) is 0 Å². The number of piperazine rings is 1. The van der Waals surface area contributed by atoms with Gasteiger partial charge in [0.05, 0.1) is 10.5 Å². The number of alkyl halides is 3. The first-order valence-corrected chi connectivity index (χ1v) is 8.64. The molecule has 0 aliphatic carbocycles. The van der Waals surface area contributed by atoms with E-state index in [-0.39, 0.29) is 11.6 Å². The average molecular weight is 393 g/mol. The van der Waals surface area contributed by atoms with Gasteiger partial charge in [-0.1, -0.05) is 18.2 Å². The normalized spacial score (nSPS) is 14.9. The molecule has 9 heteroatoms. The zero-order valence-electron chi connectivity index (χ0n) is 15.1. The van der Waals surface area contributed by atoms with Gasteiger partial charge in [0.1, 0.15) is 5.69 Å². The summed E-state index contributed by atoms with van der Waals surface area (Å²) in [4.78, 5) is 26.4. The van der Waals surface area contributed by atoms with E-state index in [1.165, 1.54) is 0 Å². The molecule has 1 aliphatic rings. The molecule has 0 bridgehead atoms. The molecular weight excluding hydrogens is 375 g/mol. The summed E-state index contributed by atoms with van der Waals surface area (Å²) in [7, 11) is 0. The van der Waals surface area contributed by atoms with Crippen LogP contribution in [-0.2, 0) is 6.18 Å². The molecule has 6 nitrogen and oxygen atoms in total. The average Bonchev–Trinajstić information content (AvgIpc) is 2.67. The first-order valence-electron chi connectivity index (χ1n) is 8.64. The fraction of sp³-hybridized carbons (Fsp3) is 0.316. The smallest absolute Gasteiger partial charge is 0.362 e. The van der Waals surface area contributed by atoms with Crippen LogP contribution in [0.5, 0.6) is 0 Å². The van der Waals surface area contributed by atoms with Crippen LogP contribution < -0.4 is 4.90 Å². The number of nitro benzene ring substituents is 1. The highest BCUT2D eigenvalue weighted by molar-refractivity contribution is 5.95. The van der Waals surface area contributed by atoms with E-state index in [2.05, 4.69) is 0 Å². The fourth-order valence-electron chi connectivity index (χ4n) is 3.25. The first-order chi connectivity index (χ1) is 13.2. The van der Waals surface area contributed by atoms with Crippen molar-refractivity contribution in [3.63, 3.8) is 0 Å². The molecule has 2 aromatic rings. The van der Waals surface area contributed by atoms with Gasteiger partial charge in [-0.25, -0.2) is 0 Å². The quantitative estimate of drug-likeness (QED) is 0.586. The van der Waals surface area contributed by atoms with Crippen LogP contribution >= 0.6 is 0 Å². The predicted molar refractivity (Wildman–Crippen MR) is 97.4 cm³/mol. The Hall–Kier alpha value is -3.10. The Morgan fingerprint density at radius 3 is 2.29 bits per heavy atom. The van der Waals surface area contributed by atoms with Gasteiger partial charge >= 0.3 is 6.18 Å². The van der Waals surface area contributed by atoms with E-state index in [1.807, 2.05) is 19.1 Å². The zero-order valence-corrected chi connectivity index (χ0v) is 15.1. The predicted octanol–water partition coefficient (Wildman–Crippen LogP) is 3.88. The first kappa shape index (κ1) is 19.7. The molecule has 0 N–H and O–H groups in total. The number of carbonyl (C=O) groups excluding carboxylic acids is 1. The van der Waals surface area contributed by atoms with E-state index in [0.29, 0.717) is 37.8 Å². The van der Waals surface area contributed by atoms with Crippen LogP contribution in [0.3, 0.4) is 0 Å². The summed E-state index contributed by atoms with van der Waals surface area (Å²) in [5.74, 6) is -0.125. The summed E-state index contributed by atoms with van der Waals surface area (Å²) in [5.41, 5.74) is -0.0735. The number of amides is 1. The molecule has 148 valence electrons. The molecule has 0 saturated carbocycles. The lowest BCUT2D eigenvalue weighted by Gasteiger charge is -2.36. The fourth-order valence-corrected chi connectivity index (χ4v) is 3.25. The Labute approximate surface area is 159 Å². The molecule has 1 fully saturated rings. The molecule has 0 radical (unpaired) electrons. The van der Waals surface area contributed by atoms with Crippen LogP contribution in [0.4, 0.5) is 24.5 Å². The summed E-state index contributed by atoms with van der Waals surface area (Å²) in [6, 6.07) is 9.72. The van der Waals surface area contributed by atoms with Crippen molar-refractivity contribution in [2.75, 3.05) is 31.1 Å². The SMILES string of the molecule is Cc1ccccc1C(=O)N1CCN(c2ccc(C(F)(F)F)cc2[N+](=O)[O-])CC1. The molecule has 1 heterocycles. The van der Waals surface area contributed by atoms with Crippen molar-refractivity contribution < 1.29 is 22.9 Å². The van der Waals surface area contributed by atoms with Crippen molar-refractivity contribution in [1.82, 2.24) is 4.90 Å². The van der Waals surface area contributed by atoms with Gasteiger partial charge < -0.3 is 9.80 Å². The second kappa shape index (κ2) is 7.49. The van der Waals surface area contributed by atoms with Crippen LogP contribution in [0.2, 0.25) is 0 Å². The van der Waals surface area contributed by atoms with Gasteiger partial charge in [0.15, 0.2) is 0 Å². The van der Waals surface area contributed by atoms with Crippen molar-refractivity contribution in [2.24, 2.45) is 0 Å². The molecule has 3 rings (SSSR count). The number of anilines is 1. The highest BCUT2D eigenvalue weighted by atomic mass is 19.4. The van der Waals surface area contributed by atoms with Gasteiger partial charge in [-0.15, -0.1) is 0 Å². The number of nitro groups is 1. The monoisotopic (exact) mass is 393 g/mol. The summed E-state index contributed by atoms with van der Waals surface area (Å²) < 4.78 is 38.6. The number of aryl methyl sites for hydroxylation is 1. The molecule has 0 atom stereocenters. The Morgan fingerprint density at radius 2 is 1.71 bits per heavy atom. The molecule has 1 aliphatic heterocycles. The summed E-state index contributed by atoms with van der Waals surface area (Å²) in [6.45, 7) is 3.08. The minimum absolute atomic E-state index is 0.125. The second-order valence-corrected chi connectivity index (χ2v) is 6.55. The Morgan fingerprint density at radius 1 is 1.07 bits per heavy atom. The van der Waals surface area contributed by atoms with Gasteiger partial charge in [-0.3, -0.25) is 14.9 Å². The van der Waals surface area contributed by atoms with Crippen molar-refractivity contribution >= 4 is 17.3 Å². The van der Waals surface area contributed by atoms with Gasteiger partial charge in [-0.2, -0.15) is 13.2 Å². The third-order valence-electron chi connectivity index (χ3n) is 4.78. The minimum Gasteiger partial charge on any atom is -0.362 e. The van der Waals surface area contributed by atoms with Crippen LogP contribution in [0.25, 0.3) is 0 Å². The maximum atomic E-state index is 12.9. The molecular formula is C19H18F3N3O3. The maximum absolute atomic E-state index is 12.9. The number of carbonyl (C=O) groups is 1. The highest BCUT2D eigenvalue weighted by Crippen LogP contribution is 2.36. The van der Waals surface area contributed by atoms with E-state index in [9.17, 15) is 28.1 Å². The largest absolute Gasteiger partial charge is 0.416 e. The molecule has 28 heavy (non-hydrogen) atoms. The van der Waals surface area contributed by atoms with E-state index < -0.39 is 22.4 Å². The lowest BCUT2D eigenvalue weighted by molar-refractivity contribution is -0.384. The molecule has 2 aromatic carbocycles. The standard InChI is InChI=1S/C19H18F3N3O3/c1-13-4-2-3-5-15(13)18(26)24-10-8-23(9-11-24)16-7-6-14(19(20,21)22)12-17(16)25(27)28/h2-7,12H,8-11H2,1H3. The molecule has 1 saturated heterocycles. The topological polar surface area (TPSA) is 66.7 Å². The molecule has 0 spiro atoms. The van der Waals surface area contributed by atoms with Crippen molar-refractivity contribution in [2.45, 2.75) is 13.1 Å².